The van der Waals surface area contributed by atoms with Crippen LogP contribution in [0.25, 0.3) is 0 Å². The molecule has 1 atom stereocenters. The van der Waals surface area contributed by atoms with E-state index >= 15 is 0 Å². The van der Waals surface area contributed by atoms with E-state index in [1.165, 1.54) is 11.8 Å². The van der Waals surface area contributed by atoms with E-state index in [1.807, 2.05) is 6.92 Å². The lowest BCUT2D eigenvalue weighted by Gasteiger charge is -2.10. The normalized spacial score (nSPS) is 14.5. The van der Waals surface area contributed by atoms with Crippen LogP contribution in [0.5, 0.6) is 0 Å². The van der Waals surface area contributed by atoms with Crippen LogP contribution in [0.3, 0.4) is 0 Å². The summed E-state index contributed by atoms with van der Waals surface area (Å²) in [5, 5.41) is 0.286. The molecule has 0 saturated heterocycles. The van der Waals surface area contributed by atoms with Crippen molar-refractivity contribution in [3.63, 3.8) is 0 Å². The van der Waals surface area contributed by atoms with Gasteiger partial charge in [0, 0.05) is 16.9 Å². The van der Waals surface area contributed by atoms with Crippen LogP contribution in [0, 0.1) is 0 Å². The fraction of sp³-hybridized carbons (Fsp3) is 1.00. The smallest absolute Gasteiger partial charge is 0.291 e. The zero-order chi connectivity index (χ0) is 10.3. The number of hydrogen-bond acceptors (Lipinski definition) is 2. The molecule has 6 heteroatoms. The highest BCUT2D eigenvalue weighted by Crippen LogP contribution is 2.18. The molecule has 80 valence electrons. The topological polar surface area (TPSA) is 9.23 Å². The maximum atomic E-state index is 11.5. The van der Waals surface area contributed by atoms with E-state index in [0.717, 1.165) is 6.42 Å². The molecule has 0 aromatic heterocycles. The second-order valence-electron chi connectivity index (χ2n) is 2.45. The molecule has 0 aliphatic rings. The molecule has 0 aromatic carbocycles. The highest BCUT2D eigenvalue weighted by molar-refractivity contribution is 7.99. The fourth-order valence-electron chi connectivity index (χ4n) is 0.644. The van der Waals surface area contributed by atoms with Gasteiger partial charge < -0.3 is 0 Å². The van der Waals surface area contributed by atoms with Crippen molar-refractivity contribution >= 4 is 23.4 Å². The van der Waals surface area contributed by atoms with Gasteiger partial charge in [0.2, 0.25) is 0 Å². The minimum atomic E-state index is -4.50. The van der Waals surface area contributed by atoms with Crippen molar-refractivity contribution in [2.24, 2.45) is 0 Å². The van der Waals surface area contributed by atoms with Gasteiger partial charge in [-0.3, -0.25) is 4.74 Å². The zero-order valence-electron chi connectivity index (χ0n) is 7.23. The monoisotopic (exact) mass is 236 g/mol. The predicted octanol–water partition coefficient (Wildman–Crippen LogP) is 3.27. The minimum Gasteiger partial charge on any atom is -0.291 e. The van der Waals surface area contributed by atoms with Crippen LogP contribution < -0.4 is 0 Å². The summed E-state index contributed by atoms with van der Waals surface area (Å²) in [6.07, 6.45) is -3.70. The quantitative estimate of drug-likeness (QED) is 0.517. The van der Waals surface area contributed by atoms with Crippen LogP contribution in [-0.4, -0.2) is 29.9 Å². The molecule has 0 rings (SSSR count). The fourth-order valence-corrected chi connectivity index (χ4v) is 1.97. The zero-order valence-corrected chi connectivity index (χ0v) is 8.81. The molecule has 0 fully saturated rings. The lowest BCUT2D eigenvalue weighted by molar-refractivity contribution is -0.322. The van der Waals surface area contributed by atoms with Crippen molar-refractivity contribution in [3.8, 4) is 0 Å². The van der Waals surface area contributed by atoms with Gasteiger partial charge in [0.1, 0.15) is 0 Å². The third-order valence-electron chi connectivity index (χ3n) is 1.27. The summed E-state index contributed by atoms with van der Waals surface area (Å²) in [5.74, 6) is 0.881. The second kappa shape index (κ2) is 6.79. The SMILES string of the molecule is CC(CCCl)SCCOC(F)(F)F. The predicted molar refractivity (Wildman–Crippen MR) is 49.3 cm³/mol. The Morgan fingerprint density at radius 3 is 2.54 bits per heavy atom. The Kier molecular flexibility index (Phi) is 6.99. The Bertz CT molecular complexity index is 131. The molecule has 1 unspecified atom stereocenters. The van der Waals surface area contributed by atoms with Crippen LogP contribution in [0.4, 0.5) is 13.2 Å². The van der Waals surface area contributed by atoms with Gasteiger partial charge >= 0.3 is 6.36 Å². The van der Waals surface area contributed by atoms with E-state index in [4.69, 9.17) is 11.6 Å². The van der Waals surface area contributed by atoms with Crippen molar-refractivity contribution in [2.75, 3.05) is 18.2 Å². The van der Waals surface area contributed by atoms with Gasteiger partial charge in [-0.15, -0.1) is 24.8 Å². The summed E-state index contributed by atoms with van der Waals surface area (Å²) in [6.45, 7) is 1.64. The van der Waals surface area contributed by atoms with Crippen LogP contribution in [0.2, 0.25) is 0 Å². The molecular weight excluding hydrogens is 225 g/mol. The summed E-state index contributed by atoms with van der Waals surface area (Å²) in [7, 11) is 0. The van der Waals surface area contributed by atoms with Gasteiger partial charge in [0.05, 0.1) is 6.61 Å². The largest absolute Gasteiger partial charge is 0.522 e. The molecule has 0 N–H and O–H groups in total. The number of hydrogen-bond donors (Lipinski definition) is 0. The van der Waals surface area contributed by atoms with Crippen molar-refractivity contribution < 1.29 is 17.9 Å². The molecule has 0 amide bonds. The number of alkyl halides is 4. The number of thioether (sulfide) groups is 1. The summed E-state index contributed by atoms with van der Waals surface area (Å²) in [5.41, 5.74) is 0. The molecule has 0 bridgehead atoms. The Balaban J connectivity index is 3.25. The summed E-state index contributed by atoms with van der Waals surface area (Å²) in [4.78, 5) is 0. The van der Waals surface area contributed by atoms with E-state index in [1.54, 1.807) is 0 Å². The number of ether oxygens (including phenoxy) is 1. The van der Waals surface area contributed by atoms with Gasteiger partial charge in [-0.25, -0.2) is 0 Å². The van der Waals surface area contributed by atoms with Gasteiger partial charge in [0.25, 0.3) is 0 Å². The maximum absolute atomic E-state index is 11.5. The van der Waals surface area contributed by atoms with E-state index in [-0.39, 0.29) is 11.9 Å². The Labute approximate surface area is 85.0 Å². The van der Waals surface area contributed by atoms with Gasteiger partial charge in [-0.2, -0.15) is 11.8 Å². The Hall–Kier alpha value is 0.390. The summed E-state index contributed by atoms with van der Waals surface area (Å²) in [6, 6.07) is 0. The minimum absolute atomic E-state index is 0.286. The first-order valence-corrected chi connectivity index (χ1v) is 5.42. The maximum Gasteiger partial charge on any atom is 0.522 e. The first kappa shape index (κ1) is 13.4. The molecule has 0 aromatic rings. The highest BCUT2D eigenvalue weighted by atomic mass is 35.5. The second-order valence-corrected chi connectivity index (χ2v) is 4.38. The molecule has 0 heterocycles. The Morgan fingerprint density at radius 2 is 2.08 bits per heavy atom. The average Bonchev–Trinajstić information content (AvgIpc) is 1.97. The van der Waals surface area contributed by atoms with Gasteiger partial charge in [0.15, 0.2) is 0 Å². The Morgan fingerprint density at radius 1 is 1.46 bits per heavy atom. The molecule has 0 spiro atoms. The van der Waals surface area contributed by atoms with E-state index in [0.29, 0.717) is 11.6 Å². The molecule has 0 saturated carbocycles. The standard InChI is InChI=1S/C7H12ClF3OS/c1-6(2-3-8)13-5-4-12-7(9,10)11/h6H,2-5H2,1H3. The first-order chi connectivity index (χ1) is 5.95. The van der Waals surface area contributed by atoms with Gasteiger partial charge in [-0.1, -0.05) is 6.92 Å². The average molecular weight is 237 g/mol. The molecular formula is C7H12ClF3OS. The molecule has 0 aliphatic carbocycles. The number of halogens is 4. The summed E-state index contributed by atoms with van der Waals surface area (Å²) < 4.78 is 38.0. The van der Waals surface area contributed by atoms with Crippen LogP contribution >= 0.6 is 23.4 Å². The van der Waals surface area contributed by atoms with Crippen molar-refractivity contribution in [2.45, 2.75) is 25.0 Å². The van der Waals surface area contributed by atoms with Crippen molar-refractivity contribution in [3.05, 3.63) is 0 Å². The van der Waals surface area contributed by atoms with Crippen molar-refractivity contribution in [1.29, 1.82) is 0 Å². The van der Waals surface area contributed by atoms with Gasteiger partial charge in [-0.05, 0) is 6.42 Å². The molecule has 0 radical (unpaired) electrons. The van der Waals surface area contributed by atoms with E-state index in [9.17, 15) is 13.2 Å². The number of rotatable bonds is 6. The highest BCUT2D eigenvalue weighted by Gasteiger charge is 2.28. The molecule has 0 aliphatic heterocycles. The van der Waals surface area contributed by atoms with E-state index < -0.39 is 6.36 Å². The first-order valence-electron chi connectivity index (χ1n) is 3.84. The summed E-state index contributed by atoms with van der Waals surface area (Å²) >= 11 is 6.89. The van der Waals surface area contributed by atoms with Crippen LogP contribution in [0.1, 0.15) is 13.3 Å². The van der Waals surface area contributed by atoms with E-state index in [2.05, 4.69) is 4.74 Å². The van der Waals surface area contributed by atoms with Crippen molar-refractivity contribution in [1.82, 2.24) is 0 Å². The van der Waals surface area contributed by atoms with Crippen LogP contribution in [-0.2, 0) is 4.74 Å². The third kappa shape index (κ3) is 10.3. The lowest BCUT2D eigenvalue weighted by atomic mass is 10.4. The lowest BCUT2D eigenvalue weighted by Crippen LogP contribution is -2.16. The van der Waals surface area contributed by atoms with Crippen LogP contribution in [0.15, 0.2) is 0 Å². The molecule has 1 nitrogen and oxygen atoms in total. The third-order valence-corrected chi connectivity index (χ3v) is 2.69. The molecule has 13 heavy (non-hydrogen) atoms.